The van der Waals surface area contributed by atoms with Gasteiger partial charge >= 0.3 is 12.1 Å². The Morgan fingerprint density at radius 1 is 0.949 bits per heavy atom. The number of benzene rings is 3. The topological polar surface area (TPSA) is 106 Å². The Kier molecular flexibility index (Phi) is 7.90. The van der Waals surface area contributed by atoms with Gasteiger partial charge in [-0.2, -0.15) is 5.06 Å². The van der Waals surface area contributed by atoms with Gasteiger partial charge in [-0.05, 0) is 34.7 Å². The van der Waals surface area contributed by atoms with Gasteiger partial charge in [0.25, 0.3) is 0 Å². The van der Waals surface area contributed by atoms with E-state index in [4.69, 9.17) is 14.3 Å². The number of carbonyl (C=O) groups is 3. The van der Waals surface area contributed by atoms with Crippen LogP contribution in [0.15, 0.2) is 78.9 Å². The molecule has 1 aliphatic carbocycles. The molecule has 5 rings (SSSR count). The molecule has 39 heavy (non-hydrogen) atoms. The second-order valence-electron chi connectivity index (χ2n) is 9.63. The summed E-state index contributed by atoms with van der Waals surface area (Å²) in [6, 6.07) is 24.8. The molecule has 0 bridgehead atoms. The van der Waals surface area contributed by atoms with Crippen LogP contribution in [0.25, 0.3) is 11.1 Å². The molecule has 3 aromatic carbocycles. The van der Waals surface area contributed by atoms with Crippen LogP contribution in [0.3, 0.4) is 0 Å². The number of hydrogen-bond acceptors (Lipinski definition) is 7. The molecule has 1 heterocycles. The quantitative estimate of drug-likeness (QED) is 0.428. The normalized spacial score (nSPS) is 19.0. The van der Waals surface area contributed by atoms with E-state index >= 15 is 0 Å². The van der Waals surface area contributed by atoms with Gasteiger partial charge in [0.05, 0.1) is 13.7 Å². The molecular formula is C30H31N3O6. The zero-order chi connectivity index (χ0) is 27.4. The molecule has 0 aromatic heterocycles. The summed E-state index contributed by atoms with van der Waals surface area (Å²) in [5, 5.41) is 7.03. The molecule has 0 unspecified atom stereocenters. The van der Waals surface area contributed by atoms with E-state index in [-0.39, 0.29) is 18.9 Å². The van der Waals surface area contributed by atoms with Crippen LogP contribution < -0.4 is 10.6 Å². The third-order valence-electron chi connectivity index (χ3n) is 7.07. The van der Waals surface area contributed by atoms with Crippen LogP contribution in [0.1, 0.15) is 36.0 Å². The highest BCUT2D eigenvalue weighted by atomic mass is 16.7. The minimum Gasteiger partial charge on any atom is -0.467 e. The highest BCUT2D eigenvalue weighted by Crippen LogP contribution is 2.44. The Labute approximate surface area is 227 Å². The molecule has 9 nitrogen and oxygen atoms in total. The molecule has 3 aromatic rings. The maximum atomic E-state index is 13.0. The van der Waals surface area contributed by atoms with Crippen molar-refractivity contribution < 1.29 is 28.7 Å². The van der Waals surface area contributed by atoms with Crippen LogP contribution in [-0.4, -0.2) is 55.1 Å². The summed E-state index contributed by atoms with van der Waals surface area (Å²) >= 11 is 0. The van der Waals surface area contributed by atoms with Crippen LogP contribution >= 0.6 is 0 Å². The molecule has 0 spiro atoms. The van der Waals surface area contributed by atoms with Crippen molar-refractivity contribution in [2.45, 2.75) is 44.1 Å². The summed E-state index contributed by atoms with van der Waals surface area (Å²) in [6.07, 6.45) is -1.90. The Hall–Kier alpha value is -4.21. The van der Waals surface area contributed by atoms with Gasteiger partial charge in [0.1, 0.15) is 18.8 Å². The lowest BCUT2D eigenvalue weighted by Gasteiger charge is -2.25. The molecule has 2 aliphatic rings. The maximum Gasteiger partial charge on any atom is 0.407 e. The van der Waals surface area contributed by atoms with Crippen LogP contribution in [0.2, 0.25) is 0 Å². The molecule has 2 amide bonds. The number of amides is 2. The number of rotatable bonds is 8. The predicted molar refractivity (Wildman–Crippen MR) is 143 cm³/mol. The molecule has 1 saturated heterocycles. The summed E-state index contributed by atoms with van der Waals surface area (Å²) in [7, 11) is 1.29. The van der Waals surface area contributed by atoms with Gasteiger partial charge in [0, 0.05) is 12.3 Å². The van der Waals surface area contributed by atoms with E-state index < -0.39 is 36.3 Å². The largest absolute Gasteiger partial charge is 0.467 e. The van der Waals surface area contributed by atoms with Crippen molar-refractivity contribution in [3.05, 3.63) is 95.6 Å². The first-order valence-electron chi connectivity index (χ1n) is 12.9. The van der Waals surface area contributed by atoms with Crippen molar-refractivity contribution in [2.75, 3.05) is 13.7 Å². The van der Waals surface area contributed by atoms with Crippen LogP contribution in [-0.2, 0) is 30.4 Å². The number of hydroxylamine groups is 2. The Bertz CT molecular complexity index is 1300. The lowest BCUT2D eigenvalue weighted by Crippen LogP contribution is -2.51. The number of nitrogens with zero attached hydrogens (tertiary/aromatic N) is 1. The fourth-order valence-electron chi connectivity index (χ4n) is 5.08. The Morgan fingerprint density at radius 3 is 2.21 bits per heavy atom. The number of methoxy groups -OCH3 is 1. The molecule has 0 saturated carbocycles. The van der Waals surface area contributed by atoms with E-state index in [2.05, 4.69) is 22.8 Å². The summed E-state index contributed by atoms with van der Waals surface area (Å²) in [5.74, 6) is -1.03. The number of carbonyl (C=O) groups excluding carboxylic acids is 3. The molecule has 1 fully saturated rings. The van der Waals surface area contributed by atoms with Gasteiger partial charge in [-0.1, -0.05) is 78.9 Å². The predicted octanol–water partition coefficient (Wildman–Crippen LogP) is 3.74. The third kappa shape index (κ3) is 5.79. The number of esters is 1. The zero-order valence-corrected chi connectivity index (χ0v) is 21.8. The average Bonchev–Trinajstić information content (AvgIpc) is 3.50. The number of ether oxygens (including phenoxy) is 2. The summed E-state index contributed by atoms with van der Waals surface area (Å²) in [6.45, 7) is 2.08. The standard InChI is InChI=1S/C30H31N3O6/c1-19(28(34)32-27-16-26(29(35)37-2)39-33(27)17-20-10-4-3-5-11-20)31-30(36)38-18-25-23-14-8-6-12-21(23)22-13-7-9-15-24(22)25/h3-15,19,25-27H,16-18H2,1-2H3,(H,31,36)(H,32,34)/t19-,26+,27-/m0/s1. The summed E-state index contributed by atoms with van der Waals surface area (Å²) in [5.41, 5.74) is 5.44. The van der Waals surface area contributed by atoms with Gasteiger partial charge in [0.2, 0.25) is 5.91 Å². The monoisotopic (exact) mass is 529 g/mol. The smallest absolute Gasteiger partial charge is 0.407 e. The summed E-state index contributed by atoms with van der Waals surface area (Å²) < 4.78 is 10.4. The van der Waals surface area contributed by atoms with Gasteiger partial charge in [-0.25, -0.2) is 9.59 Å². The molecule has 9 heteroatoms. The summed E-state index contributed by atoms with van der Waals surface area (Å²) in [4.78, 5) is 43.5. The van der Waals surface area contributed by atoms with E-state index in [1.54, 1.807) is 12.0 Å². The number of fused-ring (bicyclic) bond motifs is 3. The molecule has 202 valence electrons. The van der Waals surface area contributed by atoms with Crippen LogP contribution in [0.5, 0.6) is 0 Å². The lowest BCUT2D eigenvalue weighted by atomic mass is 9.98. The first-order valence-corrected chi connectivity index (χ1v) is 12.9. The van der Waals surface area contributed by atoms with Crippen molar-refractivity contribution in [3.8, 4) is 11.1 Å². The van der Waals surface area contributed by atoms with E-state index in [0.717, 1.165) is 27.8 Å². The van der Waals surface area contributed by atoms with Crippen molar-refractivity contribution in [3.63, 3.8) is 0 Å². The van der Waals surface area contributed by atoms with Crippen LogP contribution in [0, 0.1) is 0 Å². The maximum absolute atomic E-state index is 13.0. The number of nitrogens with one attached hydrogen (secondary N) is 2. The van der Waals surface area contributed by atoms with E-state index in [9.17, 15) is 14.4 Å². The first-order chi connectivity index (χ1) is 18.9. The number of alkyl carbamates (subject to hydrolysis) is 1. The zero-order valence-electron chi connectivity index (χ0n) is 21.8. The minimum atomic E-state index is -0.878. The lowest BCUT2D eigenvalue weighted by molar-refractivity contribution is -0.193. The highest BCUT2D eigenvalue weighted by molar-refractivity contribution is 5.85. The minimum absolute atomic E-state index is 0.0790. The van der Waals surface area contributed by atoms with Gasteiger partial charge in [0.15, 0.2) is 6.10 Å². The van der Waals surface area contributed by atoms with Gasteiger partial charge < -0.3 is 20.1 Å². The average molecular weight is 530 g/mol. The van der Waals surface area contributed by atoms with Crippen molar-refractivity contribution in [2.24, 2.45) is 0 Å². The second-order valence-corrected chi connectivity index (χ2v) is 9.63. The third-order valence-corrected chi connectivity index (χ3v) is 7.07. The molecule has 2 N–H and O–H groups in total. The van der Waals surface area contributed by atoms with Crippen molar-refractivity contribution >= 4 is 18.0 Å². The van der Waals surface area contributed by atoms with E-state index in [1.807, 2.05) is 66.7 Å². The highest BCUT2D eigenvalue weighted by Gasteiger charge is 2.40. The Morgan fingerprint density at radius 2 is 1.56 bits per heavy atom. The van der Waals surface area contributed by atoms with Crippen molar-refractivity contribution in [1.82, 2.24) is 15.7 Å². The Balaban J connectivity index is 1.18. The molecular weight excluding hydrogens is 498 g/mol. The molecule has 0 radical (unpaired) electrons. The fraction of sp³-hybridized carbons (Fsp3) is 0.300. The SMILES string of the molecule is COC(=O)[C@H]1C[C@@H](NC(=O)[C@H](C)NC(=O)OCC2c3ccccc3-c3ccccc32)N(Cc2ccccc2)O1. The van der Waals surface area contributed by atoms with Crippen molar-refractivity contribution in [1.29, 1.82) is 0 Å². The fourth-order valence-corrected chi connectivity index (χ4v) is 5.08. The van der Waals surface area contributed by atoms with Gasteiger partial charge in [-0.15, -0.1) is 0 Å². The molecule has 1 aliphatic heterocycles. The first kappa shape index (κ1) is 26.4. The number of hydrogen-bond donors (Lipinski definition) is 2. The second kappa shape index (κ2) is 11.7. The van der Waals surface area contributed by atoms with Crippen LogP contribution in [0.4, 0.5) is 4.79 Å². The molecule has 3 atom stereocenters. The van der Waals surface area contributed by atoms with E-state index in [0.29, 0.717) is 6.54 Å². The van der Waals surface area contributed by atoms with Gasteiger partial charge in [-0.3, -0.25) is 9.63 Å². The van der Waals surface area contributed by atoms with E-state index in [1.165, 1.54) is 7.11 Å².